The maximum atomic E-state index is 11.4. The van der Waals surface area contributed by atoms with Crippen LogP contribution in [-0.2, 0) is 0 Å². The molecule has 1 aliphatic rings. The first kappa shape index (κ1) is 7.62. The fourth-order valence-corrected chi connectivity index (χ4v) is 1.64. The topological polar surface area (TPSA) is 20.3 Å². The van der Waals surface area contributed by atoms with E-state index >= 15 is 0 Å². The fourth-order valence-electron chi connectivity index (χ4n) is 1.42. The minimum atomic E-state index is -0.526. The van der Waals surface area contributed by atoms with Gasteiger partial charge in [0.1, 0.15) is 0 Å². The van der Waals surface area contributed by atoms with E-state index < -0.39 is 5.50 Å². The second-order valence-electron chi connectivity index (χ2n) is 2.83. The number of para-hydroxylation sites is 1. The van der Waals surface area contributed by atoms with Crippen molar-refractivity contribution in [1.82, 2.24) is 0 Å². The first-order valence-electron chi connectivity index (χ1n) is 3.72. The van der Waals surface area contributed by atoms with Gasteiger partial charge in [-0.05, 0) is 12.1 Å². The van der Waals surface area contributed by atoms with Crippen LogP contribution in [0.4, 0.5) is 5.69 Å². The Labute approximate surface area is 75.7 Å². The van der Waals surface area contributed by atoms with Gasteiger partial charge in [0.05, 0.1) is 0 Å². The van der Waals surface area contributed by atoms with Gasteiger partial charge in [-0.3, -0.25) is 4.79 Å². The number of carbonyl (C=O) groups is 1. The summed E-state index contributed by atoms with van der Waals surface area (Å²) in [6, 6.07) is 7.45. The van der Waals surface area contributed by atoms with Crippen LogP contribution in [0, 0.1) is 0 Å². The summed E-state index contributed by atoms with van der Waals surface area (Å²) in [4.78, 5) is 13.2. The van der Waals surface area contributed by atoms with Gasteiger partial charge in [0.15, 0.2) is 5.50 Å². The summed E-state index contributed by atoms with van der Waals surface area (Å²) in [5.74, 6) is -0.00485. The Balaban J connectivity index is 2.59. The highest BCUT2D eigenvalue weighted by Gasteiger charge is 2.32. The molecule has 2 nitrogen and oxygen atoms in total. The molecule has 1 atom stereocenters. The second kappa shape index (κ2) is 2.49. The van der Waals surface area contributed by atoms with Gasteiger partial charge in [-0.1, -0.05) is 23.7 Å². The minimum absolute atomic E-state index is 0.00485. The van der Waals surface area contributed by atoms with Crippen molar-refractivity contribution in [3.63, 3.8) is 0 Å². The third-order valence-electron chi connectivity index (χ3n) is 2.11. The molecule has 0 bridgehead atoms. The van der Waals surface area contributed by atoms with Crippen molar-refractivity contribution >= 4 is 23.1 Å². The normalized spacial score (nSPS) is 21.3. The molecule has 0 amide bonds. The molecule has 12 heavy (non-hydrogen) atoms. The van der Waals surface area contributed by atoms with Crippen LogP contribution < -0.4 is 4.90 Å². The van der Waals surface area contributed by atoms with Gasteiger partial charge in [-0.25, -0.2) is 0 Å². The third kappa shape index (κ3) is 0.847. The Hall–Kier alpha value is -1.02. The smallest absolute Gasteiger partial charge is 0.202 e. The average molecular weight is 182 g/mol. The predicted octanol–water partition coefficient (Wildman–Crippen LogP) is 1.88. The number of benzene rings is 1. The molecule has 0 N–H and O–H groups in total. The summed E-state index contributed by atoms with van der Waals surface area (Å²) in [7, 11) is 1.82. The van der Waals surface area contributed by atoms with Crippen molar-refractivity contribution < 1.29 is 4.79 Å². The molecule has 0 spiro atoms. The lowest BCUT2D eigenvalue weighted by Crippen LogP contribution is -2.25. The Morgan fingerprint density at radius 2 is 2.08 bits per heavy atom. The third-order valence-corrected chi connectivity index (χ3v) is 2.60. The number of nitrogens with zero attached hydrogens (tertiary/aromatic N) is 1. The van der Waals surface area contributed by atoms with Crippen LogP contribution >= 0.6 is 11.6 Å². The molecule has 1 aromatic carbocycles. The summed E-state index contributed by atoms with van der Waals surface area (Å²) in [5.41, 5.74) is 1.12. The Bertz CT molecular complexity index is 337. The number of fused-ring (bicyclic) bond motifs is 1. The number of halogens is 1. The molecule has 1 aromatic rings. The molecule has 1 unspecified atom stereocenters. The SMILES string of the molecule is CN1c2ccccc2C(=O)C1Cl. The highest BCUT2D eigenvalue weighted by Crippen LogP contribution is 2.31. The number of hydrogen-bond donors (Lipinski definition) is 0. The van der Waals surface area contributed by atoms with Crippen molar-refractivity contribution in [2.24, 2.45) is 0 Å². The molecule has 2 rings (SSSR count). The summed E-state index contributed by atoms with van der Waals surface area (Å²) < 4.78 is 0. The summed E-state index contributed by atoms with van der Waals surface area (Å²) in [5, 5.41) is 0. The quantitative estimate of drug-likeness (QED) is 0.450. The zero-order valence-corrected chi connectivity index (χ0v) is 7.38. The molecule has 3 heteroatoms. The second-order valence-corrected chi connectivity index (χ2v) is 3.24. The van der Waals surface area contributed by atoms with E-state index in [2.05, 4.69) is 0 Å². The van der Waals surface area contributed by atoms with Gasteiger partial charge < -0.3 is 4.90 Å². The number of rotatable bonds is 0. The lowest BCUT2D eigenvalue weighted by Gasteiger charge is -2.14. The average Bonchev–Trinajstić information content (AvgIpc) is 2.33. The van der Waals surface area contributed by atoms with E-state index in [9.17, 15) is 4.79 Å². The molecule has 0 radical (unpaired) electrons. The Kier molecular flexibility index (Phi) is 1.58. The Morgan fingerprint density at radius 1 is 1.42 bits per heavy atom. The molecular weight excluding hydrogens is 174 g/mol. The van der Waals surface area contributed by atoms with E-state index in [1.165, 1.54) is 0 Å². The van der Waals surface area contributed by atoms with Crippen LogP contribution in [-0.4, -0.2) is 18.3 Å². The molecule has 1 aliphatic heterocycles. The van der Waals surface area contributed by atoms with E-state index in [4.69, 9.17) is 11.6 Å². The summed E-state index contributed by atoms with van der Waals surface area (Å²) in [6.07, 6.45) is 0. The van der Waals surface area contributed by atoms with Gasteiger partial charge in [-0.15, -0.1) is 0 Å². The minimum Gasteiger partial charge on any atom is -0.351 e. The van der Waals surface area contributed by atoms with Gasteiger partial charge in [0, 0.05) is 18.3 Å². The lowest BCUT2D eigenvalue weighted by atomic mass is 10.1. The fraction of sp³-hybridized carbons (Fsp3) is 0.222. The maximum absolute atomic E-state index is 11.4. The summed E-state index contributed by atoms with van der Waals surface area (Å²) >= 11 is 5.85. The number of ketones is 1. The van der Waals surface area contributed by atoms with E-state index in [0.29, 0.717) is 0 Å². The van der Waals surface area contributed by atoms with Crippen molar-refractivity contribution in [3.8, 4) is 0 Å². The number of Topliss-reactive ketones (excluding diaryl/α,β-unsaturated/α-hetero) is 1. The highest BCUT2D eigenvalue weighted by atomic mass is 35.5. The van der Waals surface area contributed by atoms with E-state index in [1.807, 2.05) is 25.2 Å². The largest absolute Gasteiger partial charge is 0.351 e. The number of carbonyl (C=O) groups excluding carboxylic acids is 1. The van der Waals surface area contributed by atoms with Crippen LogP contribution in [0.5, 0.6) is 0 Å². The Morgan fingerprint density at radius 3 is 2.75 bits per heavy atom. The number of anilines is 1. The monoisotopic (exact) mass is 181 g/mol. The lowest BCUT2D eigenvalue weighted by molar-refractivity contribution is 0.0998. The van der Waals surface area contributed by atoms with Crippen molar-refractivity contribution in [1.29, 1.82) is 0 Å². The van der Waals surface area contributed by atoms with Gasteiger partial charge in [0.25, 0.3) is 0 Å². The first-order valence-corrected chi connectivity index (χ1v) is 4.15. The molecule has 0 saturated heterocycles. The van der Waals surface area contributed by atoms with E-state index in [-0.39, 0.29) is 5.78 Å². The molecular formula is C9H8ClNO. The molecule has 1 heterocycles. The highest BCUT2D eigenvalue weighted by molar-refractivity contribution is 6.38. The molecule has 62 valence electrons. The van der Waals surface area contributed by atoms with Crippen molar-refractivity contribution in [2.45, 2.75) is 5.50 Å². The standard InChI is InChI=1S/C9H8ClNO/c1-11-7-5-3-2-4-6(7)8(12)9(11)10/h2-5,9H,1H3. The van der Waals surface area contributed by atoms with Crippen LogP contribution in [0.3, 0.4) is 0 Å². The maximum Gasteiger partial charge on any atom is 0.202 e. The van der Waals surface area contributed by atoms with Crippen LogP contribution in [0.15, 0.2) is 24.3 Å². The molecule has 0 aromatic heterocycles. The van der Waals surface area contributed by atoms with E-state index in [1.54, 1.807) is 11.0 Å². The van der Waals surface area contributed by atoms with Crippen LogP contribution in [0.25, 0.3) is 0 Å². The zero-order valence-electron chi connectivity index (χ0n) is 6.62. The summed E-state index contributed by atoms with van der Waals surface area (Å²) in [6.45, 7) is 0. The number of hydrogen-bond acceptors (Lipinski definition) is 2. The molecule has 0 fully saturated rings. The van der Waals surface area contributed by atoms with Gasteiger partial charge >= 0.3 is 0 Å². The first-order chi connectivity index (χ1) is 5.72. The predicted molar refractivity (Wildman–Crippen MR) is 48.8 cm³/mol. The molecule has 0 aliphatic carbocycles. The van der Waals surface area contributed by atoms with Crippen molar-refractivity contribution in [2.75, 3.05) is 11.9 Å². The van der Waals surface area contributed by atoms with Gasteiger partial charge in [-0.2, -0.15) is 0 Å². The van der Waals surface area contributed by atoms with Gasteiger partial charge in [0.2, 0.25) is 5.78 Å². The zero-order chi connectivity index (χ0) is 8.72. The number of alkyl halides is 1. The van der Waals surface area contributed by atoms with E-state index in [0.717, 1.165) is 11.3 Å². The van der Waals surface area contributed by atoms with Crippen LogP contribution in [0.2, 0.25) is 0 Å². The van der Waals surface area contributed by atoms with Crippen molar-refractivity contribution in [3.05, 3.63) is 29.8 Å². The molecule has 0 saturated carbocycles. The van der Waals surface area contributed by atoms with Crippen LogP contribution in [0.1, 0.15) is 10.4 Å². The number of likely N-dealkylation sites (N-methyl/N-ethyl adjacent to an activating group) is 1.